The van der Waals surface area contributed by atoms with Gasteiger partial charge in [0.05, 0.1) is 5.56 Å². The van der Waals surface area contributed by atoms with Gasteiger partial charge in [0.1, 0.15) is 17.6 Å². The molecule has 1 atom stereocenters. The number of aromatic nitrogens is 1. The summed E-state index contributed by atoms with van der Waals surface area (Å²) in [5.41, 5.74) is -0.734. The summed E-state index contributed by atoms with van der Waals surface area (Å²) in [5, 5.41) is 9.20. The van der Waals surface area contributed by atoms with Crippen LogP contribution in [0.15, 0.2) is 12.1 Å². The zero-order valence-electron chi connectivity index (χ0n) is 13.7. The van der Waals surface area contributed by atoms with Gasteiger partial charge in [0.15, 0.2) is 0 Å². The number of anilines is 1. The van der Waals surface area contributed by atoms with Crippen LogP contribution < -0.4 is 4.90 Å². The Labute approximate surface area is 139 Å². The summed E-state index contributed by atoms with van der Waals surface area (Å²) in [4.78, 5) is 8.08. The SMILES string of the molecule is CC1CCCN1C1CCN(c2nc(C(F)(F)F)ccc2C#N)CC1. The van der Waals surface area contributed by atoms with Crippen LogP contribution in [0.5, 0.6) is 0 Å². The fraction of sp³-hybridized carbons (Fsp3) is 0.647. The van der Waals surface area contributed by atoms with Crippen molar-refractivity contribution in [1.82, 2.24) is 9.88 Å². The molecule has 2 fully saturated rings. The van der Waals surface area contributed by atoms with Crippen molar-refractivity contribution >= 4 is 5.82 Å². The Morgan fingerprint density at radius 3 is 2.42 bits per heavy atom. The summed E-state index contributed by atoms with van der Waals surface area (Å²) < 4.78 is 38.7. The first-order chi connectivity index (χ1) is 11.4. The largest absolute Gasteiger partial charge is 0.433 e. The third-order valence-electron chi connectivity index (χ3n) is 5.12. The summed E-state index contributed by atoms with van der Waals surface area (Å²) in [6.45, 7) is 4.62. The molecule has 0 radical (unpaired) electrons. The first-order valence-corrected chi connectivity index (χ1v) is 8.39. The average molecular weight is 338 g/mol. The molecular weight excluding hydrogens is 317 g/mol. The minimum atomic E-state index is -4.49. The maximum atomic E-state index is 12.9. The van der Waals surface area contributed by atoms with E-state index in [1.54, 1.807) is 0 Å². The summed E-state index contributed by atoms with van der Waals surface area (Å²) in [6.07, 6.45) is -0.268. The molecule has 1 aromatic heterocycles. The highest BCUT2D eigenvalue weighted by Crippen LogP contribution is 2.32. The molecule has 1 unspecified atom stereocenters. The lowest BCUT2D eigenvalue weighted by atomic mass is 10.0. The van der Waals surface area contributed by atoms with Crippen LogP contribution in [0.2, 0.25) is 0 Å². The summed E-state index contributed by atoms with van der Waals surface area (Å²) in [7, 11) is 0. The zero-order valence-corrected chi connectivity index (χ0v) is 13.7. The number of alkyl halides is 3. The number of pyridine rings is 1. The van der Waals surface area contributed by atoms with Crippen LogP contribution in [0.1, 0.15) is 43.9 Å². The van der Waals surface area contributed by atoms with Crippen molar-refractivity contribution < 1.29 is 13.2 Å². The number of nitriles is 1. The van der Waals surface area contributed by atoms with Gasteiger partial charge in [-0.2, -0.15) is 18.4 Å². The van der Waals surface area contributed by atoms with E-state index in [1.807, 2.05) is 11.0 Å². The van der Waals surface area contributed by atoms with Crippen molar-refractivity contribution in [1.29, 1.82) is 5.26 Å². The Hall–Kier alpha value is -1.81. The molecule has 2 saturated heterocycles. The second-order valence-electron chi connectivity index (χ2n) is 6.62. The van der Waals surface area contributed by atoms with Crippen molar-refractivity contribution in [2.75, 3.05) is 24.5 Å². The van der Waals surface area contributed by atoms with Gasteiger partial charge in [-0.1, -0.05) is 0 Å². The molecule has 0 aromatic carbocycles. The van der Waals surface area contributed by atoms with E-state index in [-0.39, 0.29) is 11.4 Å². The van der Waals surface area contributed by atoms with Gasteiger partial charge in [-0.3, -0.25) is 4.90 Å². The Kier molecular flexibility index (Phi) is 4.68. The van der Waals surface area contributed by atoms with E-state index in [1.165, 1.54) is 18.9 Å². The highest BCUT2D eigenvalue weighted by molar-refractivity contribution is 5.55. The normalized spacial score (nSPS) is 23.5. The standard InChI is InChI=1S/C17H21F3N4/c1-12-3-2-8-24(12)14-6-9-23(10-7-14)16-13(11-21)4-5-15(22-16)17(18,19)20/h4-5,12,14H,2-3,6-10H2,1H3. The molecule has 0 saturated carbocycles. The summed E-state index contributed by atoms with van der Waals surface area (Å²) in [5.74, 6) is 0.167. The Morgan fingerprint density at radius 1 is 1.17 bits per heavy atom. The van der Waals surface area contributed by atoms with E-state index in [9.17, 15) is 18.4 Å². The second kappa shape index (κ2) is 6.60. The number of nitrogens with zero attached hydrogens (tertiary/aromatic N) is 4. The summed E-state index contributed by atoms with van der Waals surface area (Å²) >= 11 is 0. The monoisotopic (exact) mass is 338 g/mol. The Bertz CT molecular complexity index is 630. The van der Waals surface area contributed by atoms with Gasteiger partial charge in [-0.25, -0.2) is 4.98 Å². The summed E-state index contributed by atoms with van der Waals surface area (Å²) in [6, 6.07) is 5.13. The molecule has 2 aliphatic heterocycles. The maximum absolute atomic E-state index is 12.9. The predicted octanol–water partition coefficient (Wildman–Crippen LogP) is 3.43. The average Bonchev–Trinajstić information content (AvgIpc) is 2.99. The lowest BCUT2D eigenvalue weighted by molar-refractivity contribution is -0.141. The van der Waals surface area contributed by atoms with Gasteiger partial charge in [0.25, 0.3) is 0 Å². The predicted molar refractivity (Wildman–Crippen MR) is 84.6 cm³/mol. The lowest BCUT2D eigenvalue weighted by Crippen LogP contribution is -2.46. The third kappa shape index (κ3) is 3.34. The van der Waals surface area contributed by atoms with Crippen molar-refractivity contribution in [2.45, 2.75) is 50.9 Å². The molecule has 7 heteroatoms. The molecule has 2 aliphatic rings. The Balaban J connectivity index is 1.75. The van der Waals surface area contributed by atoms with Crippen molar-refractivity contribution in [3.63, 3.8) is 0 Å². The number of hydrogen-bond donors (Lipinski definition) is 0. The number of halogens is 3. The van der Waals surface area contributed by atoms with Gasteiger partial charge >= 0.3 is 6.18 Å². The van der Waals surface area contributed by atoms with Gasteiger partial charge < -0.3 is 4.90 Å². The van der Waals surface area contributed by atoms with Crippen LogP contribution in [-0.2, 0) is 6.18 Å². The van der Waals surface area contributed by atoms with E-state index in [0.717, 1.165) is 25.5 Å². The van der Waals surface area contributed by atoms with Gasteiger partial charge in [0, 0.05) is 25.2 Å². The first-order valence-electron chi connectivity index (χ1n) is 8.39. The van der Waals surface area contributed by atoms with E-state index in [4.69, 9.17) is 0 Å². The van der Waals surface area contributed by atoms with Crippen LogP contribution >= 0.6 is 0 Å². The van der Waals surface area contributed by atoms with Crippen molar-refractivity contribution in [3.8, 4) is 6.07 Å². The molecule has 4 nitrogen and oxygen atoms in total. The van der Waals surface area contributed by atoms with Crippen LogP contribution in [0.3, 0.4) is 0 Å². The second-order valence-corrected chi connectivity index (χ2v) is 6.62. The molecule has 0 bridgehead atoms. The third-order valence-corrected chi connectivity index (χ3v) is 5.12. The smallest absolute Gasteiger partial charge is 0.355 e. The number of hydrogen-bond acceptors (Lipinski definition) is 4. The minimum absolute atomic E-state index is 0.167. The van der Waals surface area contributed by atoms with Gasteiger partial charge in [-0.05, 0) is 51.3 Å². The van der Waals surface area contributed by atoms with Gasteiger partial charge in [-0.15, -0.1) is 0 Å². The molecule has 130 valence electrons. The molecule has 3 rings (SSSR count). The number of likely N-dealkylation sites (tertiary alicyclic amines) is 1. The van der Waals surface area contributed by atoms with Crippen molar-refractivity contribution in [3.05, 3.63) is 23.4 Å². The van der Waals surface area contributed by atoms with E-state index in [0.29, 0.717) is 25.2 Å². The molecule has 0 N–H and O–H groups in total. The fourth-order valence-corrected chi connectivity index (χ4v) is 3.84. The van der Waals surface area contributed by atoms with Crippen LogP contribution in [0.4, 0.5) is 19.0 Å². The molecular formula is C17H21F3N4. The highest BCUT2D eigenvalue weighted by Gasteiger charge is 2.35. The molecule has 1 aromatic rings. The van der Waals surface area contributed by atoms with E-state index in [2.05, 4.69) is 16.8 Å². The van der Waals surface area contributed by atoms with Gasteiger partial charge in [0.2, 0.25) is 0 Å². The maximum Gasteiger partial charge on any atom is 0.433 e. The van der Waals surface area contributed by atoms with Crippen LogP contribution in [0, 0.1) is 11.3 Å². The minimum Gasteiger partial charge on any atom is -0.355 e. The molecule has 0 aliphatic carbocycles. The van der Waals surface area contributed by atoms with Crippen LogP contribution in [-0.4, -0.2) is 41.6 Å². The zero-order chi connectivity index (χ0) is 17.3. The Morgan fingerprint density at radius 2 is 1.88 bits per heavy atom. The number of rotatable bonds is 2. The number of piperidine rings is 1. The molecule has 0 amide bonds. The topological polar surface area (TPSA) is 43.2 Å². The van der Waals surface area contributed by atoms with E-state index >= 15 is 0 Å². The fourth-order valence-electron chi connectivity index (χ4n) is 3.84. The lowest BCUT2D eigenvalue weighted by Gasteiger charge is -2.39. The highest BCUT2D eigenvalue weighted by atomic mass is 19.4. The first kappa shape index (κ1) is 17.0. The molecule has 3 heterocycles. The molecule has 0 spiro atoms. The van der Waals surface area contributed by atoms with Crippen molar-refractivity contribution in [2.24, 2.45) is 0 Å². The quantitative estimate of drug-likeness (QED) is 0.829. The molecule has 24 heavy (non-hydrogen) atoms. The van der Waals surface area contributed by atoms with Crippen LogP contribution in [0.25, 0.3) is 0 Å². The van der Waals surface area contributed by atoms with E-state index < -0.39 is 11.9 Å².